The summed E-state index contributed by atoms with van der Waals surface area (Å²) in [4.78, 5) is 16.9. The van der Waals surface area contributed by atoms with Gasteiger partial charge in [-0.25, -0.2) is 4.98 Å². The number of aryl methyl sites for hydroxylation is 1. The van der Waals surface area contributed by atoms with Crippen LogP contribution in [0.1, 0.15) is 26.2 Å². The van der Waals surface area contributed by atoms with Crippen LogP contribution in [0.4, 0.5) is 5.95 Å². The summed E-state index contributed by atoms with van der Waals surface area (Å²) >= 11 is 0. The summed E-state index contributed by atoms with van der Waals surface area (Å²) in [5.74, 6) is 2.11. The number of carbonyl (C=O) groups excluding carboxylic acids is 1. The number of ether oxygens (including phenoxy) is 2. The fraction of sp³-hybridized carbons (Fsp3) is 0.333. The van der Waals surface area contributed by atoms with Gasteiger partial charge in [0, 0.05) is 13.0 Å². The van der Waals surface area contributed by atoms with Crippen LogP contribution < -0.4 is 14.8 Å². The number of methoxy groups -OCH3 is 1. The summed E-state index contributed by atoms with van der Waals surface area (Å²) in [6.07, 6.45) is 1.98. The normalized spacial score (nSPS) is 10.7. The van der Waals surface area contributed by atoms with Crippen molar-refractivity contribution in [3.8, 4) is 11.5 Å². The molecule has 0 aliphatic rings. The van der Waals surface area contributed by atoms with Gasteiger partial charge in [-0.1, -0.05) is 19.1 Å². The zero-order chi connectivity index (χ0) is 19.1. The van der Waals surface area contributed by atoms with E-state index < -0.39 is 0 Å². The van der Waals surface area contributed by atoms with E-state index in [9.17, 15) is 4.79 Å². The van der Waals surface area contributed by atoms with Gasteiger partial charge in [-0.05, 0) is 49.2 Å². The van der Waals surface area contributed by atoms with Crippen molar-refractivity contribution in [2.45, 2.75) is 32.7 Å². The number of rotatable bonds is 9. The highest BCUT2D eigenvalue weighted by molar-refractivity contribution is 5.91. The minimum absolute atomic E-state index is 0.0546. The minimum atomic E-state index is -0.0546. The van der Waals surface area contributed by atoms with Crippen molar-refractivity contribution < 1.29 is 14.3 Å². The zero-order valence-corrected chi connectivity index (χ0v) is 15.8. The number of benzene rings is 2. The Labute approximate surface area is 159 Å². The summed E-state index contributed by atoms with van der Waals surface area (Å²) in [6, 6.07) is 15.3. The lowest BCUT2D eigenvalue weighted by atomic mass is 10.3. The smallest absolute Gasteiger partial charge is 0.226 e. The van der Waals surface area contributed by atoms with Gasteiger partial charge in [-0.15, -0.1) is 0 Å². The number of nitrogens with zero attached hydrogens (tertiary/aromatic N) is 2. The third-order valence-electron chi connectivity index (χ3n) is 4.23. The molecule has 142 valence electrons. The minimum Gasteiger partial charge on any atom is -0.497 e. The van der Waals surface area contributed by atoms with E-state index >= 15 is 0 Å². The van der Waals surface area contributed by atoms with Crippen LogP contribution in [0.2, 0.25) is 0 Å². The lowest BCUT2D eigenvalue weighted by Gasteiger charge is -2.09. The van der Waals surface area contributed by atoms with Crippen LogP contribution in [-0.2, 0) is 11.3 Å². The standard InChI is InChI=1S/C21H25N3O3/c1-3-14-24-19-8-5-4-7-18(19)22-21(24)23-20(25)9-6-15-27-17-12-10-16(26-2)11-13-17/h4-5,7-8,10-13H,3,6,9,14-15H2,1-2H3,(H,22,23,25). The third-order valence-corrected chi connectivity index (χ3v) is 4.23. The number of carbonyl (C=O) groups is 1. The van der Waals surface area contributed by atoms with Crippen LogP contribution in [0.5, 0.6) is 11.5 Å². The molecule has 3 rings (SSSR count). The predicted octanol–water partition coefficient (Wildman–Crippen LogP) is 4.25. The van der Waals surface area contributed by atoms with Gasteiger partial charge in [0.05, 0.1) is 24.8 Å². The van der Waals surface area contributed by atoms with Crippen molar-refractivity contribution in [1.82, 2.24) is 9.55 Å². The van der Waals surface area contributed by atoms with Crippen molar-refractivity contribution in [3.05, 3.63) is 48.5 Å². The van der Waals surface area contributed by atoms with Gasteiger partial charge in [0.1, 0.15) is 11.5 Å². The molecule has 1 N–H and O–H groups in total. The molecule has 1 aromatic heterocycles. The lowest BCUT2D eigenvalue weighted by Crippen LogP contribution is -2.16. The average Bonchev–Trinajstić information content (AvgIpc) is 3.03. The zero-order valence-electron chi connectivity index (χ0n) is 15.8. The van der Waals surface area contributed by atoms with Crippen LogP contribution in [0, 0.1) is 0 Å². The van der Waals surface area contributed by atoms with Crippen molar-refractivity contribution >= 4 is 22.9 Å². The number of anilines is 1. The number of hydrogen-bond donors (Lipinski definition) is 1. The van der Waals surface area contributed by atoms with Gasteiger partial charge in [0.2, 0.25) is 11.9 Å². The molecule has 0 aliphatic carbocycles. The Morgan fingerprint density at radius 2 is 1.85 bits per heavy atom. The molecule has 0 spiro atoms. The maximum absolute atomic E-state index is 12.3. The molecule has 6 heteroatoms. The molecule has 0 atom stereocenters. The molecular weight excluding hydrogens is 342 g/mol. The molecule has 0 saturated heterocycles. The monoisotopic (exact) mass is 367 g/mol. The van der Waals surface area contributed by atoms with Gasteiger partial charge in [0.25, 0.3) is 0 Å². The van der Waals surface area contributed by atoms with Gasteiger partial charge in [-0.3, -0.25) is 10.1 Å². The molecule has 0 fully saturated rings. The van der Waals surface area contributed by atoms with Crippen molar-refractivity contribution in [2.75, 3.05) is 19.0 Å². The van der Waals surface area contributed by atoms with Crippen molar-refractivity contribution in [1.29, 1.82) is 0 Å². The molecule has 0 bridgehead atoms. The number of imidazole rings is 1. The Bertz CT molecular complexity index is 887. The molecule has 6 nitrogen and oxygen atoms in total. The first kappa shape index (κ1) is 18.8. The lowest BCUT2D eigenvalue weighted by molar-refractivity contribution is -0.116. The van der Waals surface area contributed by atoms with E-state index in [-0.39, 0.29) is 5.91 Å². The molecule has 0 aliphatic heterocycles. The van der Waals surface area contributed by atoms with E-state index in [1.54, 1.807) is 7.11 Å². The summed E-state index contributed by atoms with van der Waals surface area (Å²) in [5.41, 5.74) is 1.93. The third kappa shape index (κ3) is 4.78. The molecule has 2 aromatic carbocycles. The Balaban J connectivity index is 1.51. The Morgan fingerprint density at radius 1 is 1.11 bits per heavy atom. The van der Waals surface area contributed by atoms with Crippen molar-refractivity contribution in [2.24, 2.45) is 0 Å². The summed E-state index contributed by atoms with van der Waals surface area (Å²) in [6.45, 7) is 3.40. The number of aromatic nitrogens is 2. The Morgan fingerprint density at radius 3 is 2.59 bits per heavy atom. The topological polar surface area (TPSA) is 65.4 Å². The highest BCUT2D eigenvalue weighted by Crippen LogP contribution is 2.20. The molecule has 0 saturated carbocycles. The second-order valence-corrected chi connectivity index (χ2v) is 6.25. The first-order valence-electron chi connectivity index (χ1n) is 9.23. The SMILES string of the molecule is CCCn1c(NC(=O)CCCOc2ccc(OC)cc2)nc2ccccc21. The van der Waals surface area contributed by atoms with Gasteiger partial charge in [0.15, 0.2) is 0 Å². The largest absolute Gasteiger partial charge is 0.497 e. The molecule has 0 radical (unpaired) electrons. The van der Waals surface area contributed by atoms with E-state index in [1.807, 2.05) is 48.5 Å². The van der Waals surface area contributed by atoms with Crippen LogP contribution in [-0.4, -0.2) is 29.2 Å². The fourth-order valence-electron chi connectivity index (χ4n) is 2.90. The molecular formula is C21H25N3O3. The van der Waals surface area contributed by atoms with Gasteiger partial charge >= 0.3 is 0 Å². The summed E-state index contributed by atoms with van der Waals surface area (Å²) in [5, 5.41) is 2.94. The second-order valence-electron chi connectivity index (χ2n) is 6.25. The predicted molar refractivity (Wildman–Crippen MR) is 106 cm³/mol. The highest BCUT2D eigenvalue weighted by Gasteiger charge is 2.12. The van der Waals surface area contributed by atoms with Crippen LogP contribution in [0.3, 0.4) is 0 Å². The number of fused-ring (bicyclic) bond motifs is 1. The Hall–Kier alpha value is -3.02. The number of nitrogens with one attached hydrogen (secondary N) is 1. The molecule has 1 amide bonds. The first-order valence-corrected chi connectivity index (χ1v) is 9.23. The van der Waals surface area contributed by atoms with E-state index in [2.05, 4.69) is 21.8 Å². The van der Waals surface area contributed by atoms with Gasteiger partial charge in [-0.2, -0.15) is 0 Å². The quantitative estimate of drug-likeness (QED) is 0.574. The molecule has 0 unspecified atom stereocenters. The van der Waals surface area contributed by atoms with Crippen LogP contribution in [0.25, 0.3) is 11.0 Å². The number of amides is 1. The molecule has 27 heavy (non-hydrogen) atoms. The van der Waals surface area contributed by atoms with Crippen LogP contribution in [0.15, 0.2) is 48.5 Å². The van der Waals surface area contributed by atoms with E-state index in [0.717, 1.165) is 35.5 Å². The number of para-hydroxylation sites is 2. The van der Waals surface area contributed by atoms with Gasteiger partial charge < -0.3 is 14.0 Å². The van der Waals surface area contributed by atoms with Crippen molar-refractivity contribution in [3.63, 3.8) is 0 Å². The maximum Gasteiger partial charge on any atom is 0.226 e. The maximum atomic E-state index is 12.3. The Kier molecular flexibility index (Phi) is 6.30. The second kappa shape index (κ2) is 9.07. The highest BCUT2D eigenvalue weighted by atomic mass is 16.5. The molecule has 3 aromatic rings. The fourth-order valence-corrected chi connectivity index (χ4v) is 2.90. The molecule has 1 heterocycles. The van der Waals surface area contributed by atoms with E-state index in [0.29, 0.717) is 25.4 Å². The first-order chi connectivity index (χ1) is 13.2. The summed E-state index contributed by atoms with van der Waals surface area (Å²) in [7, 11) is 1.63. The van der Waals surface area contributed by atoms with E-state index in [1.165, 1.54) is 0 Å². The van der Waals surface area contributed by atoms with E-state index in [4.69, 9.17) is 9.47 Å². The summed E-state index contributed by atoms with van der Waals surface area (Å²) < 4.78 is 12.8. The average molecular weight is 367 g/mol. The van der Waals surface area contributed by atoms with Crippen LogP contribution >= 0.6 is 0 Å². The number of hydrogen-bond acceptors (Lipinski definition) is 4.